The van der Waals surface area contributed by atoms with Crippen LogP contribution in [0.5, 0.6) is 0 Å². The van der Waals surface area contributed by atoms with E-state index in [9.17, 15) is 4.79 Å². The van der Waals surface area contributed by atoms with Gasteiger partial charge >= 0.3 is 11.5 Å². The number of hydrogen-bond acceptors (Lipinski definition) is 5. The smallest absolute Gasteiger partial charge is 0.317 e. The van der Waals surface area contributed by atoms with Gasteiger partial charge in [-0.3, -0.25) is 4.79 Å². The predicted molar refractivity (Wildman–Crippen MR) is 98.0 cm³/mol. The monoisotopic (exact) mass is 342 g/mol. The lowest BCUT2D eigenvalue weighted by molar-refractivity contribution is -0.137. The van der Waals surface area contributed by atoms with E-state index in [0.717, 1.165) is 0 Å². The maximum atomic E-state index is 11.0. The average Bonchev–Trinajstić information content (AvgIpc) is 2.48. The van der Waals surface area contributed by atoms with Gasteiger partial charge in [0.1, 0.15) is 6.54 Å². The van der Waals surface area contributed by atoms with E-state index in [1.807, 2.05) is 9.80 Å². The molecule has 22 heavy (non-hydrogen) atoms. The van der Waals surface area contributed by atoms with Crippen molar-refractivity contribution in [2.75, 3.05) is 32.7 Å². The van der Waals surface area contributed by atoms with Crippen LogP contribution < -0.4 is 5.32 Å². The van der Waals surface area contributed by atoms with E-state index in [1.54, 1.807) is 24.3 Å². The molecule has 0 radical (unpaired) electrons. The zero-order chi connectivity index (χ0) is 17.0. The zero-order valence-corrected chi connectivity index (χ0v) is 14.6. The van der Waals surface area contributed by atoms with E-state index in [0.29, 0.717) is 26.2 Å². The first-order chi connectivity index (χ1) is 10.5. The molecule has 0 aliphatic rings. The van der Waals surface area contributed by atoms with E-state index in [4.69, 9.17) is 16.9 Å². The van der Waals surface area contributed by atoms with Crippen LogP contribution in [0.25, 0.3) is 0 Å². The van der Waals surface area contributed by atoms with Gasteiger partial charge in [-0.15, -0.1) is 26.3 Å². The fourth-order valence-corrected chi connectivity index (χ4v) is 3.86. The van der Waals surface area contributed by atoms with Gasteiger partial charge in [0.05, 0.1) is 0 Å². The first-order valence-corrected chi connectivity index (χ1v) is 8.95. The van der Waals surface area contributed by atoms with Gasteiger partial charge in [-0.2, -0.15) is 0 Å². The third-order valence-corrected chi connectivity index (χ3v) is 4.89. The Morgan fingerprint density at radius 1 is 1.05 bits per heavy atom. The Bertz CT molecular complexity index is 385. The Labute approximate surface area is 139 Å². The molecule has 0 aromatic rings. The normalized spacial score (nSPS) is 11.5. The number of nitrogens with zero attached hydrogens (tertiary/aromatic N) is 2. The molecular weight excluding hydrogens is 317 g/mol. The second-order valence-corrected chi connectivity index (χ2v) is 6.00. The number of rotatable bonds is 14. The molecule has 7 heteroatoms. The molecule has 122 valence electrons. The molecule has 0 spiro atoms. The Kier molecular flexibility index (Phi) is 10.8. The summed E-state index contributed by atoms with van der Waals surface area (Å²) >= 11 is 5.40. The largest absolute Gasteiger partial charge is 0.480 e. The molecule has 0 heterocycles. The Hall–Kier alpha value is -1.17. The third-order valence-electron chi connectivity index (χ3n) is 2.94. The molecule has 2 N–H and O–H groups in total. The van der Waals surface area contributed by atoms with Crippen LogP contribution in [-0.4, -0.2) is 59.1 Å². The minimum atomic E-state index is -0.938. The van der Waals surface area contributed by atoms with Gasteiger partial charge in [-0.05, 0) is 0 Å². The number of aliphatic carboxylic acids is 1. The molecule has 1 atom stereocenters. The summed E-state index contributed by atoms with van der Waals surface area (Å²) in [6.07, 6.45) is 7.04. The summed E-state index contributed by atoms with van der Waals surface area (Å²) in [5.41, 5.74) is -0.793. The highest BCUT2D eigenvalue weighted by molar-refractivity contribution is 7.97. The lowest BCUT2D eigenvalue weighted by Gasteiger charge is -2.41. The van der Waals surface area contributed by atoms with Gasteiger partial charge in [0.15, 0.2) is 11.8 Å². The van der Waals surface area contributed by atoms with Crippen LogP contribution in [0.4, 0.5) is 0 Å². The summed E-state index contributed by atoms with van der Waals surface area (Å²) in [6, 6.07) is 0. The number of nitrogens with one attached hydrogen (secondary N) is 1. The fraction of sp³-hybridized carbons (Fsp3) is 0.400. The van der Waals surface area contributed by atoms with Crippen molar-refractivity contribution in [2.24, 2.45) is 0 Å². The minimum absolute atomic E-state index is 0.0117. The average molecular weight is 342 g/mol. The van der Waals surface area contributed by atoms with Crippen molar-refractivity contribution in [3.05, 3.63) is 50.6 Å². The summed E-state index contributed by atoms with van der Waals surface area (Å²) in [6.45, 7) is 17.1. The number of carboxylic acid groups (broad SMARTS) is 1. The number of hydrogen-bond donors (Lipinski definition) is 2. The first kappa shape index (κ1) is 20.8. The van der Waals surface area contributed by atoms with Crippen LogP contribution >= 0.6 is 7.36 Å². The lowest BCUT2D eigenvalue weighted by Crippen LogP contribution is -2.66. The van der Waals surface area contributed by atoms with Gasteiger partial charge in [-0.25, -0.2) is 15.1 Å². The Morgan fingerprint density at radius 2 is 1.41 bits per heavy atom. The second kappa shape index (κ2) is 11.4. The van der Waals surface area contributed by atoms with E-state index in [2.05, 4.69) is 31.6 Å². The van der Waals surface area contributed by atoms with Crippen molar-refractivity contribution in [3.8, 4) is 0 Å². The minimum Gasteiger partial charge on any atom is -0.480 e. The Morgan fingerprint density at radius 3 is 1.64 bits per heavy atom. The van der Waals surface area contributed by atoms with E-state index in [1.165, 1.54) is 0 Å². The van der Waals surface area contributed by atoms with E-state index >= 15 is 0 Å². The maximum Gasteiger partial charge on any atom is 0.317 e. The highest BCUT2D eigenvalue weighted by Crippen LogP contribution is 2.30. The van der Waals surface area contributed by atoms with Crippen molar-refractivity contribution < 1.29 is 9.90 Å². The van der Waals surface area contributed by atoms with Crippen LogP contribution in [0, 0.1) is 0 Å². The SMILES string of the molecule is C=CCN(CC=C)C(NCC(=O)O)([PH+]=S)N(CC=C)CC=C. The summed E-state index contributed by atoms with van der Waals surface area (Å²) in [7, 11) is -0.0117. The molecule has 0 bridgehead atoms. The van der Waals surface area contributed by atoms with Gasteiger partial charge < -0.3 is 5.11 Å². The molecule has 5 nitrogen and oxygen atoms in total. The molecular formula is C15H25N3O2PS+. The van der Waals surface area contributed by atoms with Crippen molar-refractivity contribution >= 4 is 25.1 Å². The summed E-state index contributed by atoms with van der Waals surface area (Å²) < 4.78 is 0. The van der Waals surface area contributed by atoms with Crippen LogP contribution in [-0.2, 0) is 16.6 Å². The Balaban J connectivity index is 5.79. The van der Waals surface area contributed by atoms with Crippen LogP contribution in [0.3, 0.4) is 0 Å². The molecule has 0 aliphatic heterocycles. The van der Waals surface area contributed by atoms with Crippen LogP contribution in [0.1, 0.15) is 0 Å². The molecule has 0 aliphatic carbocycles. The molecule has 0 rings (SSSR count). The zero-order valence-electron chi connectivity index (χ0n) is 12.8. The fourth-order valence-electron chi connectivity index (χ4n) is 2.09. The molecule has 0 amide bonds. The summed E-state index contributed by atoms with van der Waals surface area (Å²) in [5, 5.41) is 12.1. The van der Waals surface area contributed by atoms with Crippen molar-refractivity contribution in [3.63, 3.8) is 0 Å². The molecule has 0 fully saturated rings. The molecule has 0 saturated carbocycles. The van der Waals surface area contributed by atoms with Crippen LogP contribution in [0.2, 0.25) is 0 Å². The van der Waals surface area contributed by atoms with Gasteiger partial charge in [-0.1, -0.05) is 24.3 Å². The van der Waals surface area contributed by atoms with Crippen LogP contribution in [0.15, 0.2) is 50.6 Å². The number of carboxylic acids is 1. The van der Waals surface area contributed by atoms with E-state index in [-0.39, 0.29) is 13.9 Å². The van der Waals surface area contributed by atoms with E-state index < -0.39 is 11.5 Å². The number of carbonyl (C=O) groups is 1. The topological polar surface area (TPSA) is 55.8 Å². The predicted octanol–water partition coefficient (Wildman–Crippen LogP) is 1.76. The lowest BCUT2D eigenvalue weighted by atomic mass is 10.3. The maximum absolute atomic E-state index is 11.0. The third kappa shape index (κ3) is 5.91. The second-order valence-electron chi connectivity index (χ2n) is 4.49. The summed E-state index contributed by atoms with van der Waals surface area (Å²) in [5.74, 6) is -0.938. The van der Waals surface area contributed by atoms with Crippen molar-refractivity contribution in [2.45, 2.75) is 5.53 Å². The molecule has 0 saturated heterocycles. The summed E-state index contributed by atoms with van der Waals surface area (Å²) in [4.78, 5) is 15.1. The molecule has 0 aromatic carbocycles. The highest BCUT2D eigenvalue weighted by atomic mass is 32.4. The highest BCUT2D eigenvalue weighted by Gasteiger charge is 2.47. The van der Waals surface area contributed by atoms with Gasteiger partial charge in [0.25, 0.3) is 0 Å². The van der Waals surface area contributed by atoms with Crippen molar-refractivity contribution in [1.82, 2.24) is 15.1 Å². The van der Waals surface area contributed by atoms with Crippen molar-refractivity contribution in [1.29, 1.82) is 0 Å². The standard InChI is InChI=1S/C15H24N3O2PS/c1-5-9-17(10-6-2)15(21-22,16-13-14(19)20)18(11-7-3)12-8-4/h5-8,16H,1-4,9-13H2,(H,19,20)/p+1. The molecule has 1 unspecified atom stereocenters. The molecule has 0 aromatic heterocycles. The van der Waals surface area contributed by atoms with Gasteiger partial charge in [0, 0.05) is 26.2 Å². The van der Waals surface area contributed by atoms with Gasteiger partial charge in [0.2, 0.25) is 7.36 Å². The quantitative estimate of drug-likeness (QED) is 0.285. The first-order valence-electron chi connectivity index (χ1n) is 6.82.